The van der Waals surface area contributed by atoms with Gasteiger partial charge in [-0.25, -0.2) is 0 Å². The maximum absolute atomic E-state index is 13.7. The first-order valence-electron chi connectivity index (χ1n) is 11.0. The number of thiophene rings is 1. The molecule has 0 fully saturated rings. The Kier molecular flexibility index (Phi) is 6.32. The number of nitrogens with two attached hydrogens (primary N) is 1. The smallest absolute Gasteiger partial charge is 0.271 e. The molecule has 1 aromatic heterocycles. The van der Waals surface area contributed by atoms with E-state index in [0.29, 0.717) is 29.7 Å². The van der Waals surface area contributed by atoms with Crippen LogP contribution in [0.15, 0.2) is 57.2 Å². The number of anilines is 1. The number of benzene rings is 1. The third-order valence-corrected chi connectivity index (χ3v) is 8.31. The molecule has 1 atom stereocenters. The SMILES string of the molecule is CCSc1ccsc1[C@H]1C(C#N)=C(N)N(c2cc([N+](=O)[O-])ccc2C)C2=C1C(=O)CC(C)(C)C2. The van der Waals surface area contributed by atoms with Crippen molar-refractivity contribution in [2.24, 2.45) is 11.1 Å². The van der Waals surface area contributed by atoms with Crippen LogP contribution in [0, 0.1) is 33.8 Å². The van der Waals surface area contributed by atoms with E-state index in [1.807, 2.05) is 32.2 Å². The lowest BCUT2D eigenvalue weighted by Crippen LogP contribution is -2.42. The van der Waals surface area contributed by atoms with Gasteiger partial charge in [-0.05, 0) is 41.5 Å². The average molecular weight is 495 g/mol. The van der Waals surface area contributed by atoms with Crippen molar-refractivity contribution >= 4 is 40.3 Å². The Bertz CT molecular complexity index is 1300. The molecule has 2 heterocycles. The molecule has 2 aromatic rings. The van der Waals surface area contributed by atoms with Crippen molar-refractivity contribution in [3.05, 3.63) is 72.9 Å². The zero-order valence-electron chi connectivity index (χ0n) is 19.5. The number of nitrogens with zero attached hydrogens (tertiary/aromatic N) is 3. The number of allylic oxidation sites excluding steroid dienone is 3. The number of non-ortho nitro benzene ring substituents is 1. The maximum atomic E-state index is 13.7. The third-order valence-electron chi connectivity index (χ3n) is 6.24. The number of aryl methyl sites for hydroxylation is 1. The molecule has 1 aromatic carbocycles. The summed E-state index contributed by atoms with van der Waals surface area (Å²) in [6.45, 7) is 7.97. The Morgan fingerprint density at radius 2 is 2.09 bits per heavy atom. The Morgan fingerprint density at radius 3 is 2.74 bits per heavy atom. The molecular formula is C25H26N4O3S2. The number of carbonyl (C=O) groups excluding carboxylic acids is 1. The number of nitro benzene ring substituents is 1. The monoisotopic (exact) mass is 494 g/mol. The van der Waals surface area contributed by atoms with Crippen molar-refractivity contribution in [2.75, 3.05) is 10.7 Å². The summed E-state index contributed by atoms with van der Waals surface area (Å²) in [5.41, 5.74) is 9.21. The fraction of sp³-hybridized carbons (Fsp3) is 0.360. The van der Waals surface area contributed by atoms with Crippen molar-refractivity contribution in [3.63, 3.8) is 0 Å². The molecule has 0 unspecified atom stereocenters. The Balaban J connectivity index is 2.03. The summed E-state index contributed by atoms with van der Waals surface area (Å²) in [6.07, 6.45) is 0.929. The van der Waals surface area contributed by atoms with Gasteiger partial charge in [0.25, 0.3) is 5.69 Å². The summed E-state index contributed by atoms with van der Waals surface area (Å²) < 4.78 is 0. The van der Waals surface area contributed by atoms with E-state index >= 15 is 0 Å². The lowest BCUT2D eigenvalue weighted by molar-refractivity contribution is -0.384. The maximum Gasteiger partial charge on any atom is 0.271 e. The minimum atomic E-state index is -0.534. The molecule has 0 saturated carbocycles. The quantitative estimate of drug-likeness (QED) is 0.307. The van der Waals surface area contributed by atoms with Crippen molar-refractivity contribution in [1.29, 1.82) is 5.26 Å². The summed E-state index contributed by atoms with van der Waals surface area (Å²) >= 11 is 3.20. The predicted octanol–water partition coefficient (Wildman–Crippen LogP) is 6.02. The number of hydrogen-bond acceptors (Lipinski definition) is 8. The fourth-order valence-corrected chi connectivity index (χ4v) is 6.84. The molecule has 2 N–H and O–H groups in total. The Morgan fingerprint density at radius 1 is 1.35 bits per heavy atom. The van der Waals surface area contributed by atoms with Crippen molar-refractivity contribution in [3.8, 4) is 6.07 Å². The highest BCUT2D eigenvalue weighted by Crippen LogP contribution is 2.53. The molecule has 1 aliphatic carbocycles. The predicted molar refractivity (Wildman–Crippen MR) is 136 cm³/mol. The number of hydrogen-bond donors (Lipinski definition) is 1. The summed E-state index contributed by atoms with van der Waals surface area (Å²) in [5, 5.41) is 23.7. The van der Waals surface area contributed by atoms with E-state index in [4.69, 9.17) is 5.73 Å². The number of rotatable bonds is 5. The lowest BCUT2D eigenvalue weighted by Gasteiger charge is -2.44. The van der Waals surface area contributed by atoms with Gasteiger partial charge in [0.1, 0.15) is 5.82 Å². The highest BCUT2D eigenvalue weighted by atomic mass is 32.2. The first kappa shape index (κ1) is 24.0. The van der Waals surface area contributed by atoms with Gasteiger partial charge < -0.3 is 5.73 Å². The Labute approximate surface area is 207 Å². The average Bonchev–Trinajstić information content (AvgIpc) is 3.21. The zero-order chi connectivity index (χ0) is 24.8. The van der Waals surface area contributed by atoms with Gasteiger partial charge in [-0.3, -0.25) is 19.8 Å². The molecule has 2 aliphatic rings. The van der Waals surface area contributed by atoms with Gasteiger partial charge in [0.15, 0.2) is 5.78 Å². The summed E-state index contributed by atoms with van der Waals surface area (Å²) in [7, 11) is 0. The van der Waals surface area contributed by atoms with E-state index in [-0.39, 0.29) is 22.7 Å². The van der Waals surface area contributed by atoms with Crippen molar-refractivity contribution in [2.45, 2.75) is 51.3 Å². The van der Waals surface area contributed by atoms with Crippen LogP contribution in [0.1, 0.15) is 50.0 Å². The second kappa shape index (κ2) is 8.93. The van der Waals surface area contributed by atoms with Crippen LogP contribution in [0.3, 0.4) is 0 Å². The highest BCUT2D eigenvalue weighted by Gasteiger charge is 2.46. The summed E-state index contributed by atoms with van der Waals surface area (Å²) in [5.74, 6) is 0.545. The van der Waals surface area contributed by atoms with Crippen LogP contribution >= 0.6 is 23.1 Å². The van der Waals surface area contributed by atoms with Crippen LogP contribution in [0.25, 0.3) is 0 Å². The molecule has 7 nitrogen and oxygen atoms in total. The zero-order valence-corrected chi connectivity index (χ0v) is 21.2. The van der Waals surface area contributed by atoms with E-state index < -0.39 is 10.8 Å². The van der Waals surface area contributed by atoms with Crippen LogP contribution in [0.5, 0.6) is 0 Å². The van der Waals surface area contributed by atoms with Gasteiger partial charge in [0.2, 0.25) is 0 Å². The van der Waals surface area contributed by atoms with Crippen LogP contribution in [0.4, 0.5) is 11.4 Å². The van der Waals surface area contributed by atoms with Crippen molar-refractivity contribution in [1.82, 2.24) is 0 Å². The van der Waals surface area contributed by atoms with Gasteiger partial charge in [0.05, 0.1) is 28.2 Å². The fourth-order valence-electron chi connectivity index (χ4n) is 4.79. The van der Waals surface area contributed by atoms with Gasteiger partial charge in [-0.1, -0.05) is 26.8 Å². The van der Waals surface area contributed by atoms with Crippen LogP contribution in [0.2, 0.25) is 0 Å². The first-order valence-corrected chi connectivity index (χ1v) is 12.9. The molecule has 0 spiro atoms. The van der Waals surface area contributed by atoms with E-state index in [9.17, 15) is 20.2 Å². The number of nitro groups is 1. The minimum Gasteiger partial charge on any atom is -0.384 e. The molecule has 4 rings (SSSR count). The second-order valence-corrected chi connectivity index (χ2v) is 11.5. The van der Waals surface area contributed by atoms with E-state index in [1.165, 1.54) is 23.5 Å². The molecule has 0 saturated heterocycles. The number of ketones is 1. The van der Waals surface area contributed by atoms with Gasteiger partial charge in [-0.2, -0.15) is 5.26 Å². The molecule has 176 valence electrons. The molecule has 1 aliphatic heterocycles. The standard InChI is InChI=1S/C25H26N4O3S2/c1-5-33-20-8-9-34-23(20)21-16(13-26)24(27)28(17-10-15(29(31)32)7-6-14(17)2)18-11-25(3,4)12-19(30)22(18)21/h6-10,21H,5,11-12,27H2,1-4H3/t21-/m0/s1. The lowest BCUT2D eigenvalue weighted by atomic mass is 9.69. The summed E-state index contributed by atoms with van der Waals surface area (Å²) in [4.78, 5) is 28.4. The van der Waals surface area contributed by atoms with Gasteiger partial charge in [-0.15, -0.1) is 23.1 Å². The number of thioether (sulfide) groups is 1. The molecule has 0 radical (unpaired) electrons. The summed E-state index contributed by atoms with van der Waals surface area (Å²) in [6, 6.07) is 8.89. The highest BCUT2D eigenvalue weighted by molar-refractivity contribution is 7.99. The van der Waals surface area contributed by atoms with Gasteiger partial charge in [0, 0.05) is 39.6 Å². The van der Waals surface area contributed by atoms with E-state index in [0.717, 1.165) is 26.8 Å². The van der Waals surface area contributed by atoms with Crippen molar-refractivity contribution < 1.29 is 9.72 Å². The largest absolute Gasteiger partial charge is 0.384 e. The number of Topliss-reactive ketones (excluding diaryl/α,β-unsaturated/α-hetero) is 1. The molecule has 9 heteroatoms. The number of nitriles is 1. The van der Waals surface area contributed by atoms with E-state index in [1.54, 1.807) is 22.7 Å². The topological polar surface area (TPSA) is 113 Å². The molecule has 0 amide bonds. The second-order valence-electron chi connectivity index (χ2n) is 9.29. The van der Waals surface area contributed by atoms with Gasteiger partial charge >= 0.3 is 0 Å². The molecule has 34 heavy (non-hydrogen) atoms. The molecule has 0 bridgehead atoms. The molecular weight excluding hydrogens is 468 g/mol. The van der Waals surface area contributed by atoms with E-state index in [2.05, 4.69) is 13.0 Å². The number of carbonyl (C=O) groups is 1. The normalized spacial score (nSPS) is 19.8. The van der Waals surface area contributed by atoms with Crippen LogP contribution < -0.4 is 10.6 Å². The van der Waals surface area contributed by atoms with Crippen LogP contribution in [-0.4, -0.2) is 16.5 Å². The first-order chi connectivity index (χ1) is 16.1. The Hall–Kier alpha value is -3.09. The van der Waals surface area contributed by atoms with Crippen LogP contribution in [-0.2, 0) is 4.79 Å². The minimum absolute atomic E-state index is 0.00886. The third kappa shape index (κ3) is 4.01.